The Kier molecular flexibility index (Phi) is 4.37. The fourth-order valence-electron chi connectivity index (χ4n) is 1.87. The highest BCUT2D eigenvalue weighted by Crippen LogP contribution is 2.18. The summed E-state index contributed by atoms with van der Waals surface area (Å²) in [7, 11) is 0. The van der Waals surface area contributed by atoms with Gasteiger partial charge >= 0.3 is 5.97 Å². The molecule has 0 aliphatic carbocycles. The van der Waals surface area contributed by atoms with Gasteiger partial charge in [-0.15, -0.1) is 11.3 Å². The Morgan fingerprint density at radius 2 is 1.95 bits per heavy atom. The number of benzene rings is 1. The summed E-state index contributed by atoms with van der Waals surface area (Å²) in [5, 5.41) is 12.3. The van der Waals surface area contributed by atoms with Crippen molar-refractivity contribution < 1.29 is 14.7 Å². The molecule has 0 fully saturated rings. The van der Waals surface area contributed by atoms with Crippen LogP contribution < -0.4 is 5.32 Å². The number of amides is 1. The van der Waals surface area contributed by atoms with Crippen LogP contribution in [0.2, 0.25) is 0 Å². The Morgan fingerprint density at radius 3 is 2.52 bits per heavy atom. The van der Waals surface area contributed by atoms with E-state index in [1.54, 1.807) is 13.0 Å². The number of nitrogens with one attached hydrogen (secondary N) is 1. The molecule has 1 amide bonds. The van der Waals surface area contributed by atoms with Crippen LogP contribution in [-0.4, -0.2) is 22.0 Å². The number of carboxylic acid groups (broad SMARTS) is 1. The summed E-state index contributed by atoms with van der Waals surface area (Å²) in [5.41, 5.74) is 3.25. The van der Waals surface area contributed by atoms with Crippen LogP contribution >= 0.6 is 11.3 Å². The first kappa shape index (κ1) is 15.2. The minimum atomic E-state index is -0.989. The molecular weight excluding hydrogens is 288 g/mol. The van der Waals surface area contributed by atoms with Gasteiger partial charge in [0.05, 0.1) is 12.2 Å². The van der Waals surface area contributed by atoms with Gasteiger partial charge in [0.2, 0.25) is 0 Å². The summed E-state index contributed by atoms with van der Waals surface area (Å²) in [6.07, 6.45) is 0. The summed E-state index contributed by atoms with van der Waals surface area (Å²) in [6, 6.07) is 5.51. The lowest BCUT2D eigenvalue weighted by Gasteiger charge is -2.05. The van der Waals surface area contributed by atoms with Crippen molar-refractivity contribution in [3.05, 3.63) is 50.5 Å². The van der Waals surface area contributed by atoms with Gasteiger partial charge in [-0.2, -0.15) is 0 Å². The van der Waals surface area contributed by atoms with Gasteiger partial charge in [-0.25, -0.2) is 9.78 Å². The number of carbonyl (C=O) groups excluding carboxylic acids is 1. The number of rotatable bonds is 4. The number of hydrogen-bond acceptors (Lipinski definition) is 4. The average molecular weight is 304 g/mol. The van der Waals surface area contributed by atoms with Gasteiger partial charge in [0.25, 0.3) is 5.91 Å². The monoisotopic (exact) mass is 304 g/mol. The van der Waals surface area contributed by atoms with E-state index in [1.165, 1.54) is 0 Å². The van der Waals surface area contributed by atoms with Gasteiger partial charge in [0, 0.05) is 5.56 Å². The number of aromatic carboxylic acids is 1. The van der Waals surface area contributed by atoms with Gasteiger partial charge in [0.1, 0.15) is 9.88 Å². The van der Waals surface area contributed by atoms with E-state index in [-0.39, 0.29) is 17.3 Å². The van der Waals surface area contributed by atoms with Crippen molar-refractivity contribution in [3.8, 4) is 0 Å². The Balaban J connectivity index is 2.05. The first-order chi connectivity index (χ1) is 9.88. The van der Waals surface area contributed by atoms with E-state index in [0.29, 0.717) is 16.3 Å². The number of hydrogen-bond donors (Lipinski definition) is 2. The maximum absolute atomic E-state index is 12.1. The summed E-state index contributed by atoms with van der Waals surface area (Å²) in [4.78, 5) is 27.4. The van der Waals surface area contributed by atoms with E-state index in [2.05, 4.69) is 10.3 Å². The van der Waals surface area contributed by atoms with Gasteiger partial charge in [-0.1, -0.05) is 6.07 Å². The summed E-state index contributed by atoms with van der Waals surface area (Å²) >= 11 is 1.09. The predicted molar refractivity (Wildman–Crippen MR) is 80.9 cm³/mol. The van der Waals surface area contributed by atoms with Gasteiger partial charge in [0.15, 0.2) is 0 Å². The molecule has 5 nitrogen and oxygen atoms in total. The smallest absolute Gasteiger partial charge is 0.347 e. The molecule has 0 unspecified atom stereocenters. The van der Waals surface area contributed by atoms with E-state index in [1.807, 2.05) is 26.0 Å². The fraction of sp³-hybridized carbons (Fsp3) is 0.267. The Bertz CT molecular complexity index is 707. The third kappa shape index (κ3) is 3.46. The van der Waals surface area contributed by atoms with E-state index < -0.39 is 5.97 Å². The van der Waals surface area contributed by atoms with Crippen LogP contribution in [0.4, 0.5) is 0 Å². The number of aromatic nitrogens is 1. The van der Waals surface area contributed by atoms with Crippen molar-refractivity contribution in [2.24, 2.45) is 0 Å². The molecule has 0 saturated carbocycles. The molecule has 6 heteroatoms. The molecule has 110 valence electrons. The molecule has 1 aromatic heterocycles. The SMILES string of the molecule is Cc1ccc(C(=O)NCc2nc(C)c(C(=O)O)s2)cc1C. The average Bonchev–Trinajstić information content (AvgIpc) is 2.80. The first-order valence-electron chi connectivity index (χ1n) is 6.43. The summed E-state index contributed by atoms with van der Waals surface area (Å²) < 4.78 is 0. The van der Waals surface area contributed by atoms with Crippen molar-refractivity contribution in [1.29, 1.82) is 0 Å². The molecule has 2 aromatic rings. The Hall–Kier alpha value is -2.21. The van der Waals surface area contributed by atoms with Crippen molar-refractivity contribution >= 4 is 23.2 Å². The number of thiazole rings is 1. The highest BCUT2D eigenvalue weighted by atomic mass is 32.1. The second-order valence-electron chi connectivity index (χ2n) is 4.81. The number of aryl methyl sites for hydroxylation is 3. The highest BCUT2D eigenvalue weighted by Gasteiger charge is 2.14. The van der Waals surface area contributed by atoms with Crippen molar-refractivity contribution in [3.63, 3.8) is 0 Å². The minimum Gasteiger partial charge on any atom is -0.477 e. The third-order valence-electron chi connectivity index (χ3n) is 3.20. The second kappa shape index (κ2) is 6.05. The van der Waals surface area contributed by atoms with Crippen molar-refractivity contribution in [2.75, 3.05) is 0 Å². The minimum absolute atomic E-state index is 0.192. The zero-order valence-corrected chi connectivity index (χ0v) is 12.9. The lowest BCUT2D eigenvalue weighted by atomic mass is 10.1. The third-order valence-corrected chi connectivity index (χ3v) is 4.35. The van der Waals surface area contributed by atoms with Crippen LogP contribution in [0.15, 0.2) is 18.2 Å². The standard InChI is InChI=1S/C15H16N2O3S/c1-8-4-5-11(6-9(8)2)14(18)16-7-12-17-10(3)13(21-12)15(19)20/h4-6H,7H2,1-3H3,(H,16,18)(H,19,20). The molecule has 1 heterocycles. The van der Waals surface area contributed by atoms with E-state index >= 15 is 0 Å². The molecule has 0 bridgehead atoms. The molecule has 0 aliphatic rings. The molecule has 0 aliphatic heterocycles. The molecule has 1 aromatic carbocycles. The fourth-order valence-corrected chi connectivity index (χ4v) is 2.71. The molecule has 2 N–H and O–H groups in total. The van der Waals surface area contributed by atoms with Crippen LogP contribution in [-0.2, 0) is 6.54 Å². The summed E-state index contributed by atoms with van der Waals surface area (Å²) in [5.74, 6) is -1.18. The Morgan fingerprint density at radius 1 is 1.24 bits per heavy atom. The lowest BCUT2D eigenvalue weighted by molar-refractivity contribution is 0.0701. The van der Waals surface area contributed by atoms with Crippen LogP contribution in [0.5, 0.6) is 0 Å². The molecule has 2 rings (SSSR count). The van der Waals surface area contributed by atoms with E-state index in [9.17, 15) is 9.59 Å². The molecule has 0 atom stereocenters. The van der Waals surface area contributed by atoms with E-state index in [4.69, 9.17) is 5.11 Å². The highest BCUT2D eigenvalue weighted by molar-refractivity contribution is 7.13. The van der Waals surface area contributed by atoms with Gasteiger partial charge in [-0.3, -0.25) is 4.79 Å². The quantitative estimate of drug-likeness (QED) is 0.910. The molecule has 0 spiro atoms. The molecule has 0 radical (unpaired) electrons. The molecule has 21 heavy (non-hydrogen) atoms. The zero-order chi connectivity index (χ0) is 15.6. The first-order valence-corrected chi connectivity index (χ1v) is 7.25. The maximum atomic E-state index is 12.1. The van der Waals surface area contributed by atoms with Crippen molar-refractivity contribution in [2.45, 2.75) is 27.3 Å². The molecular formula is C15H16N2O3S. The van der Waals surface area contributed by atoms with Crippen LogP contribution in [0, 0.1) is 20.8 Å². The second-order valence-corrected chi connectivity index (χ2v) is 5.89. The largest absolute Gasteiger partial charge is 0.477 e. The normalized spacial score (nSPS) is 10.4. The van der Waals surface area contributed by atoms with Gasteiger partial charge in [-0.05, 0) is 44.0 Å². The number of carbonyl (C=O) groups is 2. The Labute approximate surface area is 126 Å². The van der Waals surface area contributed by atoms with Crippen LogP contribution in [0.3, 0.4) is 0 Å². The van der Waals surface area contributed by atoms with Crippen LogP contribution in [0.25, 0.3) is 0 Å². The topological polar surface area (TPSA) is 79.3 Å². The number of carboxylic acids is 1. The van der Waals surface area contributed by atoms with Crippen LogP contribution in [0.1, 0.15) is 41.9 Å². The maximum Gasteiger partial charge on any atom is 0.347 e. The zero-order valence-electron chi connectivity index (χ0n) is 12.1. The summed E-state index contributed by atoms with van der Waals surface area (Å²) in [6.45, 7) is 5.82. The van der Waals surface area contributed by atoms with Crippen molar-refractivity contribution in [1.82, 2.24) is 10.3 Å². The number of nitrogens with zero attached hydrogens (tertiary/aromatic N) is 1. The molecule has 0 saturated heterocycles. The van der Waals surface area contributed by atoms with Gasteiger partial charge < -0.3 is 10.4 Å². The predicted octanol–water partition coefficient (Wildman–Crippen LogP) is 2.70. The lowest BCUT2D eigenvalue weighted by Crippen LogP contribution is -2.22. The van der Waals surface area contributed by atoms with E-state index in [0.717, 1.165) is 22.5 Å².